The maximum Gasteiger partial charge on any atom is 0.157 e. The Morgan fingerprint density at radius 3 is 2.79 bits per heavy atom. The van der Waals surface area contributed by atoms with Crippen molar-refractivity contribution in [1.29, 1.82) is 0 Å². The van der Waals surface area contributed by atoms with Crippen LogP contribution in [0.2, 0.25) is 0 Å². The van der Waals surface area contributed by atoms with Crippen LogP contribution in [0.1, 0.15) is 38.5 Å². The maximum absolute atomic E-state index is 9.15. The molecule has 82 valence electrons. The van der Waals surface area contributed by atoms with Crippen LogP contribution in [-0.2, 0) is 9.47 Å². The fraction of sp³-hybridized carbons (Fsp3) is 1.00. The third kappa shape index (κ3) is 2.47. The molecule has 0 radical (unpaired) electrons. The highest BCUT2D eigenvalue weighted by atomic mass is 16.7. The molecule has 1 saturated carbocycles. The average molecular weight is 200 g/mol. The van der Waals surface area contributed by atoms with Gasteiger partial charge in [0.2, 0.25) is 0 Å². The molecule has 3 heteroatoms. The standard InChI is InChI=1S/C11H20O3/c12-8-9-4-3-5-10(9)14-11-6-1-2-7-13-11/h9-12H,1-8H2/t9-,10-,11-/m0/s1. The first kappa shape index (κ1) is 10.4. The van der Waals surface area contributed by atoms with Crippen LogP contribution in [0.15, 0.2) is 0 Å². The molecule has 1 heterocycles. The highest BCUT2D eigenvalue weighted by Crippen LogP contribution is 2.30. The summed E-state index contributed by atoms with van der Waals surface area (Å²) < 4.78 is 11.4. The van der Waals surface area contributed by atoms with E-state index in [1.165, 1.54) is 12.8 Å². The van der Waals surface area contributed by atoms with E-state index in [9.17, 15) is 0 Å². The summed E-state index contributed by atoms with van der Waals surface area (Å²) >= 11 is 0. The Morgan fingerprint density at radius 1 is 1.14 bits per heavy atom. The minimum absolute atomic E-state index is 0.000833. The van der Waals surface area contributed by atoms with Gasteiger partial charge < -0.3 is 14.6 Å². The first-order valence-electron chi connectivity index (χ1n) is 5.78. The van der Waals surface area contributed by atoms with E-state index in [4.69, 9.17) is 14.6 Å². The second kappa shape index (κ2) is 5.10. The van der Waals surface area contributed by atoms with Gasteiger partial charge in [0, 0.05) is 19.1 Å². The SMILES string of the molecule is OC[C@@H]1CCC[C@@H]1O[C@H]1CCCCO1. The van der Waals surface area contributed by atoms with Gasteiger partial charge in [-0.3, -0.25) is 0 Å². The van der Waals surface area contributed by atoms with Gasteiger partial charge in [-0.15, -0.1) is 0 Å². The van der Waals surface area contributed by atoms with E-state index in [2.05, 4.69) is 0 Å². The third-order valence-corrected chi connectivity index (χ3v) is 3.29. The molecule has 0 amide bonds. The molecule has 1 aliphatic carbocycles. The molecule has 1 saturated heterocycles. The lowest BCUT2D eigenvalue weighted by atomic mass is 10.1. The Labute approximate surface area is 85.4 Å². The molecule has 1 aliphatic heterocycles. The molecular weight excluding hydrogens is 180 g/mol. The predicted molar refractivity (Wildman–Crippen MR) is 52.9 cm³/mol. The number of ether oxygens (including phenoxy) is 2. The van der Waals surface area contributed by atoms with Crippen LogP contribution >= 0.6 is 0 Å². The van der Waals surface area contributed by atoms with Gasteiger partial charge in [0.25, 0.3) is 0 Å². The number of hydrogen-bond donors (Lipinski definition) is 1. The maximum atomic E-state index is 9.15. The average Bonchev–Trinajstić information content (AvgIpc) is 2.67. The molecule has 2 aliphatic rings. The number of hydrogen-bond acceptors (Lipinski definition) is 3. The second-order valence-electron chi connectivity index (χ2n) is 4.34. The number of aliphatic hydroxyl groups is 1. The molecule has 1 N–H and O–H groups in total. The molecule has 3 nitrogen and oxygen atoms in total. The van der Waals surface area contributed by atoms with Gasteiger partial charge in [0.05, 0.1) is 6.10 Å². The van der Waals surface area contributed by atoms with E-state index in [0.29, 0.717) is 5.92 Å². The first-order valence-corrected chi connectivity index (χ1v) is 5.78. The Kier molecular flexibility index (Phi) is 3.79. The van der Waals surface area contributed by atoms with Crippen molar-refractivity contribution in [2.45, 2.75) is 50.9 Å². The Hall–Kier alpha value is -0.120. The zero-order chi connectivity index (χ0) is 9.80. The van der Waals surface area contributed by atoms with Gasteiger partial charge in [0.1, 0.15) is 0 Å². The van der Waals surface area contributed by atoms with Crippen molar-refractivity contribution in [3.8, 4) is 0 Å². The van der Waals surface area contributed by atoms with Crippen molar-refractivity contribution in [2.75, 3.05) is 13.2 Å². The van der Waals surface area contributed by atoms with E-state index in [1.807, 2.05) is 0 Å². The summed E-state index contributed by atoms with van der Waals surface area (Å²) in [4.78, 5) is 0. The fourth-order valence-corrected chi connectivity index (χ4v) is 2.40. The lowest BCUT2D eigenvalue weighted by Crippen LogP contribution is -2.31. The van der Waals surface area contributed by atoms with E-state index in [-0.39, 0.29) is 19.0 Å². The van der Waals surface area contributed by atoms with E-state index in [0.717, 1.165) is 32.3 Å². The number of aliphatic hydroxyl groups excluding tert-OH is 1. The molecule has 3 atom stereocenters. The minimum Gasteiger partial charge on any atom is -0.396 e. The summed E-state index contributed by atoms with van der Waals surface area (Å²) in [6.45, 7) is 1.10. The van der Waals surface area contributed by atoms with Crippen LogP contribution < -0.4 is 0 Å². The molecule has 0 unspecified atom stereocenters. The van der Waals surface area contributed by atoms with Crippen molar-refractivity contribution in [3.05, 3.63) is 0 Å². The molecule has 0 aromatic heterocycles. The summed E-state index contributed by atoms with van der Waals surface area (Å²) in [7, 11) is 0. The molecule has 2 fully saturated rings. The van der Waals surface area contributed by atoms with Crippen LogP contribution in [0, 0.1) is 5.92 Å². The third-order valence-electron chi connectivity index (χ3n) is 3.29. The summed E-state index contributed by atoms with van der Waals surface area (Å²) in [5.41, 5.74) is 0. The monoisotopic (exact) mass is 200 g/mol. The zero-order valence-corrected chi connectivity index (χ0v) is 8.65. The smallest absolute Gasteiger partial charge is 0.157 e. The first-order chi connectivity index (χ1) is 6.90. The van der Waals surface area contributed by atoms with E-state index < -0.39 is 0 Å². The van der Waals surface area contributed by atoms with Crippen LogP contribution in [-0.4, -0.2) is 30.7 Å². The fourth-order valence-electron chi connectivity index (χ4n) is 2.40. The summed E-state index contributed by atoms with van der Waals surface area (Å²) in [5.74, 6) is 0.348. The van der Waals surface area contributed by atoms with E-state index in [1.54, 1.807) is 0 Å². The Bertz CT molecular complexity index is 166. The Morgan fingerprint density at radius 2 is 2.07 bits per heavy atom. The molecule has 0 bridgehead atoms. The van der Waals surface area contributed by atoms with Gasteiger partial charge in [-0.1, -0.05) is 6.42 Å². The Balaban J connectivity index is 1.77. The zero-order valence-electron chi connectivity index (χ0n) is 8.65. The summed E-state index contributed by atoms with van der Waals surface area (Å²) in [5, 5.41) is 9.15. The lowest BCUT2D eigenvalue weighted by Gasteiger charge is -2.28. The van der Waals surface area contributed by atoms with Crippen LogP contribution in [0.25, 0.3) is 0 Å². The topological polar surface area (TPSA) is 38.7 Å². The largest absolute Gasteiger partial charge is 0.396 e. The molecule has 0 aromatic rings. The normalized spacial score (nSPS) is 38.8. The molecule has 0 aromatic carbocycles. The molecular formula is C11H20O3. The van der Waals surface area contributed by atoms with Gasteiger partial charge >= 0.3 is 0 Å². The number of rotatable bonds is 3. The highest BCUT2D eigenvalue weighted by molar-refractivity contribution is 4.78. The summed E-state index contributed by atoms with van der Waals surface area (Å²) in [6.07, 6.45) is 7.01. The molecule has 0 spiro atoms. The van der Waals surface area contributed by atoms with Crippen LogP contribution in [0.3, 0.4) is 0 Å². The lowest BCUT2D eigenvalue weighted by molar-refractivity contribution is -0.196. The van der Waals surface area contributed by atoms with Gasteiger partial charge in [0.15, 0.2) is 6.29 Å². The van der Waals surface area contributed by atoms with Gasteiger partial charge in [-0.2, -0.15) is 0 Å². The van der Waals surface area contributed by atoms with E-state index >= 15 is 0 Å². The van der Waals surface area contributed by atoms with Crippen LogP contribution in [0.5, 0.6) is 0 Å². The van der Waals surface area contributed by atoms with Crippen molar-refractivity contribution in [2.24, 2.45) is 5.92 Å². The molecule has 14 heavy (non-hydrogen) atoms. The molecule has 2 rings (SSSR count). The van der Waals surface area contributed by atoms with Gasteiger partial charge in [-0.25, -0.2) is 0 Å². The minimum atomic E-state index is 0.000833. The van der Waals surface area contributed by atoms with Gasteiger partial charge in [-0.05, 0) is 32.1 Å². The van der Waals surface area contributed by atoms with Crippen LogP contribution in [0.4, 0.5) is 0 Å². The van der Waals surface area contributed by atoms with Crippen molar-refractivity contribution in [1.82, 2.24) is 0 Å². The highest BCUT2D eigenvalue weighted by Gasteiger charge is 2.30. The quantitative estimate of drug-likeness (QED) is 0.753. The van der Waals surface area contributed by atoms with Crippen molar-refractivity contribution in [3.63, 3.8) is 0 Å². The predicted octanol–water partition coefficient (Wildman–Crippen LogP) is 1.69. The van der Waals surface area contributed by atoms with Crippen molar-refractivity contribution >= 4 is 0 Å². The second-order valence-corrected chi connectivity index (χ2v) is 4.34. The van der Waals surface area contributed by atoms with Crippen molar-refractivity contribution < 1.29 is 14.6 Å². The summed E-state index contributed by atoms with van der Waals surface area (Å²) in [6, 6.07) is 0.